The van der Waals surface area contributed by atoms with Gasteiger partial charge in [-0.3, -0.25) is 0 Å². The van der Waals surface area contributed by atoms with Gasteiger partial charge in [0.1, 0.15) is 11.5 Å². The van der Waals surface area contributed by atoms with Crippen LogP contribution in [0.5, 0.6) is 11.5 Å². The molecule has 0 bridgehead atoms. The molecular weight excluding hydrogens is 515 g/mol. The summed E-state index contributed by atoms with van der Waals surface area (Å²) in [6.07, 6.45) is 12.1. The van der Waals surface area contributed by atoms with Crippen LogP contribution in [0.1, 0.15) is 97.3 Å². The van der Waals surface area contributed by atoms with Crippen LogP contribution in [0.3, 0.4) is 0 Å². The van der Waals surface area contributed by atoms with Gasteiger partial charge in [-0.2, -0.15) is 0 Å². The topological polar surface area (TPSA) is 55.8 Å². The molecule has 4 nitrogen and oxygen atoms in total. The molecule has 0 spiro atoms. The minimum absolute atomic E-state index is 0.00659. The summed E-state index contributed by atoms with van der Waals surface area (Å²) >= 11 is 6.50. The van der Waals surface area contributed by atoms with Gasteiger partial charge in [0.15, 0.2) is 0 Å². The van der Waals surface area contributed by atoms with Gasteiger partial charge < -0.3 is 14.6 Å². The fourth-order valence-electron chi connectivity index (χ4n) is 5.55. The third-order valence-corrected chi connectivity index (χ3v) is 8.43. The lowest BCUT2D eigenvalue weighted by Crippen LogP contribution is -2.44. The van der Waals surface area contributed by atoms with E-state index in [2.05, 4.69) is 6.92 Å². The van der Waals surface area contributed by atoms with Crippen molar-refractivity contribution < 1.29 is 23.8 Å². The van der Waals surface area contributed by atoms with Gasteiger partial charge in [0.25, 0.3) is 0 Å². The smallest absolute Gasteiger partial charge is 0.341 e. The molecule has 2 aromatic rings. The second-order valence-corrected chi connectivity index (χ2v) is 11.5. The molecule has 0 amide bonds. The average Bonchev–Trinajstić information content (AvgIpc) is 2.96. The molecule has 39 heavy (non-hydrogen) atoms. The number of ether oxygens (including phenoxy) is 2. The highest BCUT2D eigenvalue weighted by Gasteiger charge is 2.47. The predicted molar refractivity (Wildman–Crippen MR) is 158 cm³/mol. The first kappa shape index (κ1) is 31.3. The second-order valence-electron chi connectivity index (χ2n) is 11.1. The Morgan fingerprint density at radius 3 is 2.28 bits per heavy atom. The SMILES string of the molecule is CCCCCCCCOc1ccc(-c2ccc(OCC(CC)C[C@](F)(C(=O)O)C3CCCCC3)cc2)cc1Cl. The number of carbonyl (C=O) groups is 1. The third-order valence-electron chi connectivity index (χ3n) is 8.13. The van der Waals surface area contributed by atoms with Crippen molar-refractivity contribution in [2.45, 2.75) is 103 Å². The van der Waals surface area contributed by atoms with E-state index >= 15 is 4.39 Å². The minimum Gasteiger partial charge on any atom is -0.493 e. The van der Waals surface area contributed by atoms with E-state index in [0.717, 1.165) is 36.8 Å². The van der Waals surface area contributed by atoms with Crippen molar-refractivity contribution in [3.8, 4) is 22.6 Å². The zero-order valence-electron chi connectivity index (χ0n) is 23.7. The van der Waals surface area contributed by atoms with Crippen LogP contribution in [0.2, 0.25) is 5.02 Å². The third kappa shape index (κ3) is 9.41. The molecule has 3 rings (SSSR count). The average molecular weight is 561 g/mol. The van der Waals surface area contributed by atoms with Crippen LogP contribution in [-0.2, 0) is 4.79 Å². The highest BCUT2D eigenvalue weighted by Crippen LogP contribution is 2.40. The molecule has 0 saturated heterocycles. The minimum atomic E-state index is -2.18. The summed E-state index contributed by atoms with van der Waals surface area (Å²) in [5.74, 6) is -0.515. The van der Waals surface area contributed by atoms with Crippen molar-refractivity contribution in [3.05, 3.63) is 47.5 Å². The zero-order chi connectivity index (χ0) is 28.1. The van der Waals surface area contributed by atoms with Crippen LogP contribution >= 0.6 is 11.6 Å². The van der Waals surface area contributed by atoms with E-state index in [0.29, 0.717) is 42.4 Å². The van der Waals surface area contributed by atoms with Crippen LogP contribution in [-0.4, -0.2) is 30.0 Å². The highest BCUT2D eigenvalue weighted by molar-refractivity contribution is 6.32. The molecule has 0 aromatic heterocycles. The van der Waals surface area contributed by atoms with Gasteiger partial charge in [0, 0.05) is 5.92 Å². The summed E-state index contributed by atoms with van der Waals surface area (Å²) in [5.41, 5.74) is -0.191. The fourth-order valence-corrected chi connectivity index (χ4v) is 5.78. The summed E-state index contributed by atoms with van der Waals surface area (Å²) in [6.45, 7) is 5.15. The maximum absolute atomic E-state index is 15.7. The van der Waals surface area contributed by atoms with Crippen molar-refractivity contribution in [2.75, 3.05) is 13.2 Å². The van der Waals surface area contributed by atoms with Crippen molar-refractivity contribution in [1.29, 1.82) is 0 Å². The van der Waals surface area contributed by atoms with Crippen LogP contribution in [0, 0.1) is 11.8 Å². The van der Waals surface area contributed by atoms with E-state index in [-0.39, 0.29) is 18.9 Å². The number of aliphatic carboxylic acids is 1. The number of unbranched alkanes of at least 4 members (excludes halogenated alkanes) is 5. The number of carboxylic acids is 1. The molecule has 6 heteroatoms. The van der Waals surface area contributed by atoms with E-state index < -0.39 is 17.6 Å². The molecule has 1 aliphatic rings. The number of halogens is 2. The van der Waals surface area contributed by atoms with Gasteiger partial charge in [-0.05, 0) is 73.4 Å². The molecule has 1 fully saturated rings. The summed E-state index contributed by atoms with van der Waals surface area (Å²) in [7, 11) is 0. The first-order valence-corrected chi connectivity index (χ1v) is 15.3. The summed E-state index contributed by atoms with van der Waals surface area (Å²) < 4.78 is 27.6. The standard InChI is InChI=1S/C33H46ClFO4/c1-3-5-6-7-8-12-21-38-31-20-17-27(22-30(31)34)26-15-18-29(19-16-26)39-24-25(4-2)23-33(35,32(36)37)28-13-10-9-11-14-28/h15-20,22,25,28H,3-14,21,23-24H2,1-2H3,(H,36,37)/t25?,33-/m1/s1. The van der Waals surface area contributed by atoms with Gasteiger partial charge in [-0.1, -0.05) is 95.0 Å². The van der Waals surface area contributed by atoms with E-state index in [9.17, 15) is 9.90 Å². The molecular formula is C33H46ClFO4. The number of rotatable bonds is 17. The Balaban J connectivity index is 1.51. The Kier molecular flexibility index (Phi) is 12.9. The summed E-state index contributed by atoms with van der Waals surface area (Å²) in [4.78, 5) is 11.9. The highest BCUT2D eigenvalue weighted by atomic mass is 35.5. The molecule has 216 valence electrons. The Labute approximate surface area is 239 Å². The van der Waals surface area contributed by atoms with E-state index in [1.54, 1.807) is 0 Å². The Hall–Kier alpha value is -2.27. The number of alkyl halides is 1. The quantitative estimate of drug-likeness (QED) is 0.195. The van der Waals surface area contributed by atoms with E-state index in [4.69, 9.17) is 21.1 Å². The predicted octanol–water partition coefficient (Wildman–Crippen LogP) is 9.91. The number of hydrogen-bond acceptors (Lipinski definition) is 3. The fraction of sp³-hybridized carbons (Fsp3) is 0.606. The Morgan fingerprint density at radius 2 is 1.64 bits per heavy atom. The summed E-state index contributed by atoms with van der Waals surface area (Å²) in [5, 5.41) is 10.3. The van der Waals surface area contributed by atoms with E-state index in [1.165, 1.54) is 32.1 Å². The van der Waals surface area contributed by atoms with Crippen LogP contribution in [0.15, 0.2) is 42.5 Å². The Morgan fingerprint density at radius 1 is 0.974 bits per heavy atom. The first-order valence-electron chi connectivity index (χ1n) is 14.9. The summed E-state index contributed by atoms with van der Waals surface area (Å²) in [6, 6.07) is 13.6. The molecule has 1 aliphatic carbocycles. The molecule has 0 heterocycles. The van der Waals surface area contributed by atoms with Gasteiger partial charge in [0.05, 0.1) is 18.2 Å². The maximum atomic E-state index is 15.7. The van der Waals surface area contributed by atoms with Crippen molar-refractivity contribution in [1.82, 2.24) is 0 Å². The Bertz CT molecular complexity index is 1010. The first-order chi connectivity index (χ1) is 18.9. The lowest BCUT2D eigenvalue weighted by Gasteiger charge is -2.35. The molecule has 1 unspecified atom stereocenters. The monoisotopic (exact) mass is 560 g/mol. The molecule has 0 radical (unpaired) electrons. The van der Waals surface area contributed by atoms with Crippen molar-refractivity contribution in [2.24, 2.45) is 11.8 Å². The van der Waals surface area contributed by atoms with E-state index in [1.807, 2.05) is 49.4 Å². The lowest BCUT2D eigenvalue weighted by molar-refractivity contribution is -0.158. The van der Waals surface area contributed by atoms with Crippen LogP contribution < -0.4 is 9.47 Å². The van der Waals surface area contributed by atoms with Crippen LogP contribution in [0.25, 0.3) is 11.1 Å². The molecule has 2 aromatic carbocycles. The number of benzene rings is 2. The van der Waals surface area contributed by atoms with Crippen LogP contribution in [0.4, 0.5) is 4.39 Å². The van der Waals surface area contributed by atoms with Crippen molar-refractivity contribution >= 4 is 17.6 Å². The molecule has 0 aliphatic heterocycles. The molecule has 1 saturated carbocycles. The largest absolute Gasteiger partial charge is 0.493 e. The molecule has 2 atom stereocenters. The number of carboxylic acid groups (broad SMARTS) is 1. The van der Waals surface area contributed by atoms with Crippen molar-refractivity contribution in [3.63, 3.8) is 0 Å². The second kappa shape index (κ2) is 16.1. The van der Waals surface area contributed by atoms with Gasteiger partial charge in [0.2, 0.25) is 5.67 Å². The lowest BCUT2D eigenvalue weighted by atomic mass is 9.74. The molecule has 1 N–H and O–H groups in total. The normalized spacial score (nSPS) is 16.4. The number of hydrogen-bond donors (Lipinski definition) is 1. The maximum Gasteiger partial charge on any atom is 0.341 e. The zero-order valence-corrected chi connectivity index (χ0v) is 24.5. The van der Waals surface area contributed by atoms with Gasteiger partial charge in [-0.25, -0.2) is 9.18 Å². The van der Waals surface area contributed by atoms with Gasteiger partial charge in [-0.15, -0.1) is 0 Å². The van der Waals surface area contributed by atoms with Gasteiger partial charge >= 0.3 is 5.97 Å².